The van der Waals surface area contributed by atoms with E-state index in [1.807, 2.05) is 0 Å². The van der Waals surface area contributed by atoms with Crippen LogP contribution < -0.4 is 0 Å². The summed E-state index contributed by atoms with van der Waals surface area (Å²) >= 11 is 12.0. The van der Waals surface area contributed by atoms with Gasteiger partial charge < -0.3 is 0 Å². The topological polar surface area (TPSA) is 111 Å². The van der Waals surface area contributed by atoms with Crippen molar-refractivity contribution in [2.24, 2.45) is 9.98 Å². The Bertz CT molecular complexity index is 1390. The number of halogens is 2. The Kier molecular flexibility index (Phi) is 9.14. The maximum absolute atomic E-state index is 11.1. The minimum atomic E-state index is -0.465. The lowest BCUT2D eigenvalue weighted by atomic mass is 10.2. The third-order valence-electron chi connectivity index (χ3n) is 4.96. The zero-order chi connectivity index (χ0) is 27.1. The molecule has 0 amide bonds. The molecule has 4 rings (SSSR count). The third-order valence-corrected chi connectivity index (χ3v) is 7.72. The van der Waals surface area contributed by atoms with Crippen LogP contribution >= 0.6 is 44.8 Å². The first-order valence-corrected chi connectivity index (χ1v) is 13.7. The van der Waals surface area contributed by atoms with E-state index in [1.54, 1.807) is 72.8 Å². The number of nitro benzene ring substituents is 2. The molecule has 0 atom stereocenters. The van der Waals surface area contributed by atoms with Crippen LogP contribution in [0, 0.1) is 20.2 Å². The maximum Gasteiger partial charge on any atom is 0.269 e. The number of hydrogen-bond acceptors (Lipinski definition) is 8. The fourth-order valence-corrected chi connectivity index (χ4v) is 5.49. The number of rotatable bonds is 6. The van der Waals surface area contributed by atoms with Gasteiger partial charge in [0.15, 0.2) is 0 Å². The molecule has 0 radical (unpaired) electrons. The van der Waals surface area contributed by atoms with Gasteiger partial charge in [-0.1, -0.05) is 23.2 Å². The van der Waals surface area contributed by atoms with Gasteiger partial charge in [0.1, 0.15) is 10.1 Å². The predicted octanol–water partition coefficient (Wildman–Crippen LogP) is 9.05. The Morgan fingerprint density at radius 2 is 0.868 bits per heavy atom. The molecule has 4 aromatic carbocycles. The lowest BCUT2D eigenvalue weighted by Gasteiger charge is -2.09. The van der Waals surface area contributed by atoms with Crippen molar-refractivity contribution in [2.75, 3.05) is 0 Å². The Balaban J connectivity index is 1.71. The van der Waals surface area contributed by atoms with Gasteiger partial charge in [-0.25, -0.2) is 9.98 Å². The number of benzene rings is 4. The van der Waals surface area contributed by atoms with Crippen molar-refractivity contribution in [1.82, 2.24) is 0 Å². The van der Waals surface area contributed by atoms with Crippen molar-refractivity contribution in [2.45, 2.75) is 0 Å². The number of nitro groups is 2. The van der Waals surface area contributed by atoms with Crippen LogP contribution in [0.15, 0.2) is 107 Å². The van der Waals surface area contributed by atoms with Crippen LogP contribution in [0.3, 0.4) is 0 Å². The van der Waals surface area contributed by atoms with E-state index >= 15 is 0 Å². The standard InChI is InChI=1S/C26H16Cl2N4O4S2/c27-19-5-9-21(10-6-19)29-25(17-1-13-23(14-2-17)31(33)34)37-38-26(30-22-11-7-20(28)8-12-22)18-3-15-24(16-4-18)32(35)36/h1-16H. The first-order chi connectivity index (χ1) is 18.3. The Hall–Kier alpha value is -3.70. The van der Waals surface area contributed by atoms with E-state index in [0.29, 0.717) is 42.6 Å². The molecular weight excluding hydrogens is 567 g/mol. The average Bonchev–Trinajstić information content (AvgIpc) is 2.92. The normalized spacial score (nSPS) is 11.8. The molecule has 4 aromatic rings. The van der Waals surface area contributed by atoms with E-state index in [9.17, 15) is 20.2 Å². The lowest BCUT2D eigenvalue weighted by Crippen LogP contribution is -1.99. The minimum Gasteiger partial charge on any atom is -0.258 e. The molecule has 0 N–H and O–H groups in total. The summed E-state index contributed by atoms with van der Waals surface area (Å²) in [5.74, 6) is 0. The van der Waals surface area contributed by atoms with E-state index in [-0.39, 0.29) is 11.4 Å². The fraction of sp³-hybridized carbons (Fsp3) is 0. The quantitative estimate of drug-likeness (QED) is 0.0736. The first-order valence-electron chi connectivity index (χ1n) is 10.8. The Morgan fingerprint density at radius 3 is 1.16 bits per heavy atom. The van der Waals surface area contributed by atoms with Crippen LogP contribution in [0.4, 0.5) is 22.7 Å². The number of non-ortho nitro benzene ring substituents is 2. The maximum atomic E-state index is 11.1. The molecule has 0 saturated heterocycles. The molecule has 0 aliphatic rings. The molecule has 0 aliphatic heterocycles. The molecule has 8 nitrogen and oxygen atoms in total. The van der Waals surface area contributed by atoms with Crippen LogP contribution in [0.25, 0.3) is 0 Å². The number of aliphatic imine (C=N–C) groups is 2. The Morgan fingerprint density at radius 1 is 0.553 bits per heavy atom. The summed E-state index contributed by atoms with van der Waals surface area (Å²) < 4.78 is 0. The monoisotopic (exact) mass is 582 g/mol. The highest BCUT2D eigenvalue weighted by Crippen LogP contribution is 2.35. The molecule has 0 unspecified atom stereocenters. The van der Waals surface area contributed by atoms with Crippen molar-refractivity contribution in [1.29, 1.82) is 0 Å². The van der Waals surface area contributed by atoms with Gasteiger partial charge in [-0.3, -0.25) is 20.2 Å². The van der Waals surface area contributed by atoms with Crippen molar-refractivity contribution in [3.63, 3.8) is 0 Å². The molecule has 190 valence electrons. The second kappa shape index (κ2) is 12.7. The van der Waals surface area contributed by atoms with Gasteiger partial charge >= 0.3 is 0 Å². The molecule has 0 aromatic heterocycles. The summed E-state index contributed by atoms with van der Waals surface area (Å²) in [6.07, 6.45) is 0. The SMILES string of the molecule is O=[N+]([O-])c1ccc(C(=Nc2ccc(Cl)cc2)SSC(=Nc2ccc(Cl)cc2)c2ccc([N+](=O)[O-])cc2)cc1. The largest absolute Gasteiger partial charge is 0.269 e. The molecule has 0 bridgehead atoms. The first kappa shape index (κ1) is 27.3. The van der Waals surface area contributed by atoms with E-state index in [0.717, 1.165) is 0 Å². The van der Waals surface area contributed by atoms with E-state index < -0.39 is 9.85 Å². The van der Waals surface area contributed by atoms with E-state index in [1.165, 1.54) is 45.9 Å². The van der Waals surface area contributed by atoms with Crippen LogP contribution in [0.5, 0.6) is 0 Å². The van der Waals surface area contributed by atoms with Gasteiger partial charge in [-0.05, 0) is 94.4 Å². The second-order valence-electron chi connectivity index (χ2n) is 7.56. The number of nitrogens with zero attached hydrogens (tertiary/aromatic N) is 4. The van der Waals surface area contributed by atoms with Crippen molar-refractivity contribution in [3.05, 3.63) is 138 Å². The number of hydrogen-bond donors (Lipinski definition) is 0. The highest BCUT2D eigenvalue weighted by atomic mass is 35.5. The fourth-order valence-electron chi connectivity index (χ4n) is 3.06. The summed E-state index contributed by atoms with van der Waals surface area (Å²) in [4.78, 5) is 30.8. The molecular formula is C26H16Cl2N4O4S2. The van der Waals surface area contributed by atoms with Gasteiger partial charge in [0.05, 0.1) is 21.2 Å². The van der Waals surface area contributed by atoms with Gasteiger partial charge in [0.25, 0.3) is 11.4 Å². The van der Waals surface area contributed by atoms with Crippen LogP contribution in [-0.4, -0.2) is 19.9 Å². The molecule has 0 saturated carbocycles. The van der Waals surface area contributed by atoms with Gasteiger partial charge in [0.2, 0.25) is 0 Å². The summed E-state index contributed by atoms with van der Waals surface area (Å²) in [6.45, 7) is 0. The molecule has 0 spiro atoms. The van der Waals surface area contributed by atoms with Gasteiger partial charge in [-0.2, -0.15) is 0 Å². The Labute approximate surface area is 235 Å². The highest BCUT2D eigenvalue weighted by Gasteiger charge is 2.15. The molecule has 0 heterocycles. The van der Waals surface area contributed by atoms with E-state index in [2.05, 4.69) is 0 Å². The summed E-state index contributed by atoms with van der Waals surface area (Å²) in [7, 11) is 2.59. The highest BCUT2D eigenvalue weighted by molar-refractivity contribution is 8.87. The van der Waals surface area contributed by atoms with Crippen molar-refractivity contribution in [3.8, 4) is 0 Å². The zero-order valence-electron chi connectivity index (χ0n) is 19.2. The van der Waals surface area contributed by atoms with Crippen molar-refractivity contribution >= 4 is 77.6 Å². The predicted molar refractivity (Wildman–Crippen MR) is 157 cm³/mol. The second-order valence-corrected chi connectivity index (χ2v) is 10.5. The van der Waals surface area contributed by atoms with Gasteiger partial charge in [-0.15, -0.1) is 0 Å². The van der Waals surface area contributed by atoms with Crippen LogP contribution in [0.2, 0.25) is 10.0 Å². The molecule has 0 fully saturated rings. The summed E-state index contributed by atoms with van der Waals surface area (Å²) in [6, 6.07) is 26.1. The van der Waals surface area contributed by atoms with E-state index in [4.69, 9.17) is 33.2 Å². The smallest absolute Gasteiger partial charge is 0.258 e. The third kappa shape index (κ3) is 7.42. The van der Waals surface area contributed by atoms with Gasteiger partial charge in [0, 0.05) is 45.4 Å². The zero-order valence-corrected chi connectivity index (χ0v) is 22.4. The molecule has 0 aliphatic carbocycles. The van der Waals surface area contributed by atoms with Crippen molar-refractivity contribution < 1.29 is 9.85 Å². The summed E-state index contributed by atoms with van der Waals surface area (Å²) in [5, 5.41) is 24.5. The summed E-state index contributed by atoms with van der Waals surface area (Å²) in [5.41, 5.74) is 2.54. The lowest BCUT2D eigenvalue weighted by molar-refractivity contribution is -0.385. The van der Waals surface area contributed by atoms with Crippen LogP contribution in [0.1, 0.15) is 11.1 Å². The average molecular weight is 583 g/mol. The molecule has 12 heteroatoms. The minimum absolute atomic E-state index is 0.0342. The van der Waals surface area contributed by atoms with Crippen LogP contribution in [-0.2, 0) is 0 Å². The molecule has 38 heavy (non-hydrogen) atoms.